The number of hydrogen-bond donors (Lipinski definition) is 0. The quantitative estimate of drug-likeness (QED) is 0.386. The molecule has 0 aliphatic carbocycles. The SMILES string of the molecule is CCC(=O)c1cc(C(=O)CCCC2CN(C(=O)OC(C)(C)C)CCO2)cc2c1O[C@H](C)[C@H]2c1ccccc1. The fourth-order valence-electron chi connectivity index (χ4n) is 5.21. The van der Waals surface area contributed by atoms with Crippen LogP contribution < -0.4 is 4.74 Å². The molecule has 2 aromatic rings. The summed E-state index contributed by atoms with van der Waals surface area (Å²) in [6, 6.07) is 13.7. The predicted octanol–water partition coefficient (Wildman–Crippen LogP) is 6.18. The van der Waals surface area contributed by atoms with Crippen LogP contribution in [0.4, 0.5) is 4.79 Å². The Kier molecular flexibility index (Phi) is 8.56. The number of ether oxygens (including phenoxy) is 3. The van der Waals surface area contributed by atoms with Crippen LogP contribution in [0.25, 0.3) is 0 Å². The fourth-order valence-corrected chi connectivity index (χ4v) is 5.21. The summed E-state index contributed by atoms with van der Waals surface area (Å²) < 4.78 is 17.5. The zero-order valence-electron chi connectivity index (χ0n) is 23.1. The second-order valence-electron chi connectivity index (χ2n) is 11.2. The number of hydrogen-bond acceptors (Lipinski definition) is 6. The first-order valence-corrected chi connectivity index (χ1v) is 13.6. The first kappa shape index (κ1) is 27.8. The van der Waals surface area contributed by atoms with Crippen LogP contribution in [-0.4, -0.2) is 60.1 Å². The largest absolute Gasteiger partial charge is 0.489 e. The molecule has 7 nitrogen and oxygen atoms in total. The second kappa shape index (κ2) is 11.7. The summed E-state index contributed by atoms with van der Waals surface area (Å²) in [5.74, 6) is 0.517. The van der Waals surface area contributed by atoms with Crippen molar-refractivity contribution in [1.82, 2.24) is 4.90 Å². The number of benzene rings is 2. The van der Waals surface area contributed by atoms with E-state index >= 15 is 0 Å². The van der Waals surface area contributed by atoms with E-state index in [0.29, 0.717) is 62.3 Å². The normalized spacial score (nSPS) is 21.0. The molecule has 0 saturated carbocycles. The number of ketones is 2. The highest BCUT2D eigenvalue weighted by molar-refractivity contribution is 6.04. The maximum absolute atomic E-state index is 13.3. The molecule has 1 saturated heterocycles. The third-order valence-corrected chi connectivity index (χ3v) is 7.05. The van der Waals surface area contributed by atoms with E-state index in [2.05, 4.69) is 12.1 Å². The minimum Gasteiger partial charge on any atom is -0.489 e. The molecule has 1 unspecified atom stereocenters. The van der Waals surface area contributed by atoms with Crippen molar-refractivity contribution >= 4 is 17.7 Å². The zero-order valence-corrected chi connectivity index (χ0v) is 23.1. The molecule has 0 radical (unpaired) electrons. The molecule has 4 rings (SSSR count). The van der Waals surface area contributed by atoms with E-state index in [1.165, 1.54) is 0 Å². The molecular formula is C31H39NO6. The van der Waals surface area contributed by atoms with Gasteiger partial charge in [0, 0.05) is 36.4 Å². The van der Waals surface area contributed by atoms with E-state index < -0.39 is 5.60 Å². The van der Waals surface area contributed by atoms with E-state index in [-0.39, 0.29) is 35.8 Å². The summed E-state index contributed by atoms with van der Waals surface area (Å²) in [6.45, 7) is 10.8. The van der Waals surface area contributed by atoms with Gasteiger partial charge < -0.3 is 19.1 Å². The molecular weight excluding hydrogens is 482 g/mol. The van der Waals surface area contributed by atoms with Crippen molar-refractivity contribution in [1.29, 1.82) is 0 Å². The summed E-state index contributed by atoms with van der Waals surface area (Å²) in [7, 11) is 0. The molecule has 2 heterocycles. The number of amides is 1. The first-order chi connectivity index (χ1) is 18.1. The number of fused-ring (bicyclic) bond motifs is 1. The molecule has 1 amide bonds. The topological polar surface area (TPSA) is 82.1 Å². The lowest BCUT2D eigenvalue weighted by atomic mass is 9.85. The van der Waals surface area contributed by atoms with Crippen LogP contribution in [0.3, 0.4) is 0 Å². The summed E-state index contributed by atoms with van der Waals surface area (Å²) in [5.41, 5.74) is 2.48. The van der Waals surface area contributed by atoms with Crippen molar-refractivity contribution in [2.24, 2.45) is 0 Å². The molecule has 2 aliphatic heterocycles. The molecule has 0 aromatic heterocycles. The van der Waals surface area contributed by atoms with Crippen LogP contribution >= 0.6 is 0 Å². The Morgan fingerprint density at radius 1 is 1.08 bits per heavy atom. The van der Waals surface area contributed by atoms with Crippen molar-refractivity contribution in [2.75, 3.05) is 19.7 Å². The Morgan fingerprint density at radius 3 is 2.50 bits per heavy atom. The van der Waals surface area contributed by atoms with Crippen LogP contribution in [0.15, 0.2) is 42.5 Å². The van der Waals surface area contributed by atoms with Gasteiger partial charge in [-0.05, 0) is 58.2 Å². The highest BCUT2D eigenvalue weighted by Gasteiger charge is 2.36. The van der Waals surface area contributed by atoms with Gasteiger partial charge in [0.25, 0.3) is 0 Å². The van der Waals surface area contributed by atoms with Gasteiger partial charge in [-0.1, -0.05) is 37.3 Å². The van der Waals surface area contributed by atoms with E-state index in [4.69, 9.17) is 14.2 Å². The maximum atomic E-state index is 13.3. The van der Waals surface area contributed by atoms with Crippen LogP contribution in [0.1, 0.15) is 98.1 Å². The van der Waals surface area contributed by atoms with E-state index in [1.807, 2.05) is 58.9 Å². The summed E-state index contributed by atoms with van der Waals surface area (Å²) in [4.78, 5) is 40.3. The van der Waals surface area contributed by atoms with Gasteiger partial charge in [-0.2, -0.15) is 0 Å². The number of nitrogens with zero attached hydrogens (tertiary/aromatic N) is 1. The second-order valence-corrected chi connectivity index (χ2v) is 11.2. The van der Waals surface area contributed by atoms with E-state index in [1.54, 1.807) is 11.0 Å². The molecule has 204 valence electrons. The smallest absolute Gasteiger partial charge is 0.410 e. The summed E-state index contributed by atoms with van der Waals surface area (Å²) in [6.07, 6.45) is 1.33. The number of Topliss-reactive ketones (excluding diaryl/α,β-unsaturated/α-hetero) is 2. The van der Waals surface area contributed by atoms with Crippen LogP contribution in [0, 0.1) is 0 Å². The fraction of sp³-hybridized carbons (Fsp3) is 0.516. The lowest BCUT2D eigenvalue weighted by molar-refractivity contribution is -0.0450. The summed E-state index contributed by atoms with van der Waals surface area (Å²) >= 11 is 0. The Balaban J connectivity index is 1.45. The van der Waals surface area contributed by atoms with E-state index in [9.17, 15) is 14.4 Å². The average molecular weight is 522 g/mol. The van der Waals surface area contributed by atoms with Crippen molar-refractivity contribution in [3.63, 3.8) is 0 Å². The molecule has 3 atom stereocenters. The van der Waals surface area contributed by atoms with Gasteiger partial charge in [-0.3, -0.25) is 9.59 Å². The highest BCUT2D eigenvalue weighted by Crippen LogP contribution is 2.45. The molecule has 0 spiro atoms. The van der Waals surface area contributed by atoms with Crippen molar-refractivity contribution in [3.8, 4) is 5.75 Å². The number of morpholine rings is 1. The van der Waals surface area contributed by atoms with Gasteiger partial charge in [0.15, 0.2) is 11.6 Å². The van der Waals surface area contributed by atoms with Crippen molar-refractivity contribution < 1.29 is 28.6 Å². The van der Waals surface area contributed by atoms with Crippen LogP contribution in [0.5, 0.6) is 5.75 Å². The molecule has 7 heteroatoms. The van der Waals surface area contributed by atoms with Crippen LogP contribution in [0.2, 0.25) is 0 Å². The lowest BCUT2D eigenvalue weighted by Crippen LogP contribution is -2.47. The minimum absolute atomic E-state index is 0.0101. The molecule has 0 N–H and O–H groups in total. The minimum atomic E-state index is -0.548. The molecule has 1 fully saturated rings. The Bertz CT molecular complexity index is 1170. The Labute approximate surface area is 225 Å². The number of carbonyl (C=O) groups is 3. The molecule has 0 bridgehead atoms. The summed E-state index contributed by atoms with van der Waals surface area (Å²) in [5, 5.41) is 0. The highest BCUT2D eigenvalue weighted by atomic mass is 16.6. The third kappa shape index (κ3) is 6.44. The van der Waals surface area contributed by atoms with Gasteiger partial charge in [0.2, 0.25) is 0 Å². The Morgan fingerprint density at radius 2 is 1.82 bits per heavy atom. The van der Waals surface area contributed by atoms with Gasteiger partial charge in [0.1, 0.15) is 17.5 Å². The molecule has 2 aliphatic rings. The average Bonchev–Trinajstić information content (AvgIpc) is 3.22. The molecule has 2 aromatic carbocycles. The van der Waals surface area contributed by atoms with Gasteiger partial charge in [-0.15, -0.1) is 0 Å². The Hall–Kier alpha value is -3.19. The molecule has 38 heavy (non-hydrogen) atoms. The van der Waals surface area contributed by atoms with Gasteiger partial charge in [-0.25, -0.2) is 4.79 Å². The lowest BCUT2D eigenvalue weighted by Gasteiger charge is -2.34. The van der Waals surface area contributed by atoms with Crippen LogP contribution in [-0.2, 0) is 9.47 Å². The monoisotopic (exact) mass is 521 g/mol. The predicted molar refractivity (Wildman–Crippen MR) is 145 cm³/mol. The first-order valence-electron chi connectivity index (χ1n) is 13.6. The van der Waals surface area contributed by atoms with Gasteiger partial charge in [0.05, 0.1) is 24.8 Å². The standard InChI is InChI=1S/C31H39NO6/c1-6-26(33)24-17-22(18-25-28(20(2)37-29(24)25)21-11-8-7-9-12-21)27(34)14-10-13-23-19-32(15-16-36-23)30(35)38-31(3,4)5/h7-9,11-12,17-18,20,23,28H,6,10,13-16,19H2,1-5H3/t20-,23?,28+/m1/s1. The van der Waals surface area contributed by atoms with Gasteiger partial charge >= 0.3 is 6.09 Å². The number of rotatable bonds is 8. The number of carbonyl (C=O) groups excluding carboxylic acids is 3. The zero-order chi connectivity index (χ0) is 27.4. The third-order valence-electron chi connectivity index (χ3n) is 7.05. The maximum Gasteiger partial charge on any atom is 0.410 e. The van der Waals surface area contributed by atoms with E-state index in [0.717, 1.165) is 11.1 Å². The van der Waals surface area contributed by atoms with Crippen molar-refractivity contribution in [2.45, 2.75) is 84.0 Å². The van der Waals surface area contributed by atoms with Crippen molar-refractivity contribution in [3.05, 3.63) is 64.7 Å².